The second-order valence-corrected chi connectivity index (χ2v) is 5.60. The molecule has 1 aromatic heterocycles. The fourth-order valence-corrected chi connectivity index (χ4v) is 1.48. The predicted octanol–water partition coefficient (Wildman–Crippen LogP) is 1.04. The van der Waals surface area contributed by atoms with Crippen molar-refractivity contribution < 1.29 is 4.79 Å². The highest BCUT2D eigenvalue weighted by molar-refractivity contribution is 5.75. The summed E-state index contributed by atoms with van der Waals surface area (Å²) in [5.41, 5.74) is 0.842. The van der Waals surface area contributed by atoms with Crippen LogP contribution in [0, 0.1) is 0 Å². The van der Waals surface area contributed by atoms with E-state index in [9.17, 15) is 4.79 Å². The van der Waals surface area contributed by atoms with Gasteiger partial charge in [-0.15, -0.1) is 5.10 Å². The molecule has 0 bridgehead atoms. The number of nitrogens with one attached hydrogen (secondary N) is 2. The van der Waals surface area contributed by atoms with E-state index in [0.29, 0.717) is 19.5 Å². The van der Waals surface area contributed by atoms with Gasteiger partial charge in [-0.2, -0.15) is 0 Å². The summed E-state index contributed by atoms with van der Waals surface area (Å²) in [4.78, 5) is 11.4. The summed E-state index contributed by atoms with van der Waals surface area (Å²) in [5, 5.41) is 14.2. The van der Waals surface area contributed by atoms with Gasteiger partial charge < -0.3 is 10.6 Å². The Morgan fingerprint density at radius 2 is 2.11 bits per heavy atom. The topological polar surface area (TPSA) is 71.8 Å². The SMILES string of the molecule is CCCNC(=O)CCNCc1cn(C(C)(C)C)nn1. The Balaban J connectivity index is 2.23. The molecular weight excluding hydrogens is 242 g/mol. The molecule has 0 radical (unpaired) electrons. The number of rotatable bonds is 7. The number of hydrogen-bond donors (Lipinski definition) is 2. The molecule has 0 aromatic carbocycles. The summed E-state index contributed by atoms with van der Waals surface area (Å²) in [6.07, 6.45) is 3.40. The Morgan fingerprint density at radius 3 is 2.68 bits per heavy atom. The molecule has 1 amide bonds. The van der Waals surface area contributed by atoms with E-state index in [1.54, 1.807) is 0 Å². The van der Waals surface area contributed by atoms with Crippen LogP contribution in [0.1, 0.15) is 46.2 Å². The monoisotopic (exact) mass is 267 g/mol. The maximum Gasteiger partial charge on any atom is 0.221 e. The van der Waals surface area contributed by atoms with E-state index in [1.807, 2.05) is 17.8 Å². The highest BCUT2D eigenvalue weighted by atomic mass is 16.1. The molecule has 0 saturated carbocycles. The molecule has 0 spiro atoms. The van der Waals surface area contributed by atoms with E-state index >= 15 is 0 Å². The van der Waals surface area contributed by atoms with Crippen LogP contribution in [0.5, 0.6) is 0 Å². The van der Waals surface area contributed by atoms with Gasteiger partial charge in [0.25, 0.3) is 0 Å². The maximum absolute atomic E-state index is 11.4. The van der Waals surface area contributed by atoms with Gasteiger partial charge >= 0.3 is 0 Å². The second-order valence-electron chi connectivity index (χ2n) is 5.60. The summed E-state index contributed by atoms with van der Waals surface area (Å²) in [6, 6.07) is 0. The average molecular weight is 267 g/mol. The number of aromatic nitrogens is 3. The van der Waals surface area contributed by atoms with Crippen molar-refractivity contribution in [1.82, 2.24) is 25.6 Å². The zero-order valence-electron chi connectivity index (χ0n) is 12.4. The van der Waals surface area contributed by atoms with Crippen molar-refractivity contribution in [3.8, 4) is 0 Å². The summed E-state index contributed by atoms with van der Waals surface area (Å²) in [5.74, 6) is 0.0905. The highest BCUT2D eigenvalue weighted by Crippen LogP contribution is 2.11. The first-order chi connectivity index (χ1) is 8.93. The van der Waals surface area contributed by atoms with Crippen LogP contribution in [0.15, 0.2) is 6.20 Å². The molecule has 0 fully saturated rings. The molecule has 108 valence electrons. The highest BCUT2D eigenvalue weighted by Gasteiger charge is 2.14. The summed E-state index contributed by atoms with van der Waals surface area (Å²) in [7, 11) is 0. The van der Waals surface area contributed by atoms with Crippen LogP contribution in [-0.4, -0.2) is 34.0 Å². The summed E-state index contributed by atoms with van der Waals surface area (Å²) in [6.45, 7) is 10.3. The van der Waals surface area contributed by atoms with E-state index in [1.165, 1.54) is 0 Å². The number of carbonyl (C=O) groups excluding carboxylic acids is 1. The van der Waals surface area contributed by atoms with Gasteiger partial charge in [0.15, 0.2) is 0 Å². The number of hydrogen-bond acceptors (Lipinski definition) is 4. The Kier molecular flexibility index (Phi) is 5.95. The van der Waals surface area contributed by atoms with Crippen LogP contribution < -0.4 is 10.6 Å². The van der Waals surface area contributed by atoms with Gasteiger partial charge in [0.05, 0.1) is 17.4 Å². The van der Waals surface area contributed by atoms with Crippen molar-refractivity contribution in [2.75, 3.05) is 13.1 Å². The van der Waals surface area contributed by atoms with Crippen LogP contribution in [0.2, 0.25) is 0 Å². The fourth-order valence-electron chi connectivity index (χ4n) is 1.48. The first-order valence-electron chi connectivity index (χ1n) is 6.82. The second kappa shape index (κ2) is 7.23. The molecular formula is C13H25N5O. The zero-order chi connectivity index (χ0) is 14.3. The third-order valence-corrected chi connectivity index (χ3v) is 2.64. The summed E-state index contributed by atoms with van der Waals surface area (Å²) < 4.78 is 1.85. The van der Waals surface area contributed by atoms with E-state index < -0.39 is 0 Å². The lowest BCUT2D eigenvalue weighted by molar-refractivity contribution is -0.120. The lowest BCUT2D eigenvalue weighted by Gasteiger charge is -2.17. The molecule has 1 heterocycles. The normalized spacial score (nSPS) is 11.6. The molecule has 19 heavy (non-hydrogen) atoms. The molecule has 0 aliphatic carbocycles. The average Bonchev–Trinajstić information content (AvgIpc) is 2.80. The van der Waals surface area contributed by atoms with Crippen molar-refractivity contribution >= 4 is 5.91 Å². The molecule has 0 unspecified atom stereocenters. The minimum atomic E-state index is -0.0503. The predicted molar refractivity (Wildman–Crippen MR) is 74.6 cm³/mol. The van der Waals surface area contributed by atoms with Crippen molar-refractivity contribution in [2.45, 2.75) is 52.6 Å². The van der Waals surface area contributed by atoms with E-state index in [0.717, 1.165) is 18.7 Å². The minimum Gasteiger partial charge on any atom is -0.356 e. The van der Waals surface area contributed by atoms with Crippen molar-refractivity contribution in [3.63, 3.8) is 0 Å². The van der Waals surface area contributed by atoms with Crippen LogP contribution in [0.25, 0.3) is 0 Å². The molecule has 6 nitrogen and oxygen atoms in total. The summed E-state index contributed by atoms with van der Waals surface area (Å²) >= 11 is 0. The molecule has 0 aliphatic heterocycles. The zero-order valence-corrected chi connectivity index (χ0v) is 12.4. The van der Waals surface area contributed by atoms with E-state index in [4.69, 9.17) is 0 Å². The van der Waals surface area contributed by atoms with Crippen LogP contribution >= 0.6 is 0 Å². The van der Waals surface area contributed by atoms with Crippen molar-refractivity contribution in [1.29, 1.82) is 0 Å². The molecule has 0 atom stereocenters. The first kappa shape index (κ1) is 15.6. The Labute approximate surface area is 115 Å². The van der Waals surface area contributed by atoms with Gasteiger partial charge in [0, 0.05) is 26.1 Å². The number of amides is 1. The molecule has 0 aliphatic rings. The van der Waals surface area contributed by atoms with Crippen LogP contribution in [0.3, 0.4) is 0 Å². The Morgan fingerprint density at radius 1 is 1.37 bits per heavy atom. The number of carbonyl (C=O) groups is 1. The third-order valence-electron chi connectivity index (χ3n) is 2.64. The Bertz CT molecular complexity index is 394. The van der Waals surface area contributed by atoms with Crippen molar-refractivity contribution in [3.05, 3.63) is 11.9 Å². The largest absolute Gasteiger partial charge is 0.356 e. The van der Waals surface area contributed by atoms with E-state index in [-0.39, 0.29) is 11.4 Å². The molecule has 6 heteroatoms. The lowest BCUT2D eigenvalue weighted by Crippen LogP contribution is -2.28. The van der Waals surface area contributed by atoms with Gasteiger partial charge in [-0.1, -0.05) is 12.1 Å². The Hall–Kier alpha value is -1.43. The fraction of sp³-hybridized carbons (Fsp3) is 0.769. The minimum absolute atomic E-state index is 0.0503. The van der Waals surface area contributed by atoms with Crippen LogP contribution in [-0.2, 0) is 16.9 Å². The van der Waals surface area contributed by atoms with Crippen LogP contribution in [0.4, 0.5) is 0 Å². The smallest absolute Gasteiger partial charge is 0.221 e. The molecule has 0 saturated heterocycles. The van der Waals surface area contributed by atoms with Gasteiger partial charge in [0.1, 0.15) is 0 Å². The van der Waals surface area contributed by atoms with Gasteiger partial charge in [-0.05, 0) is 27.2 Å². The third kappa shape index (κ3) is 5.83. The van der Waals surface area contributed by atoms with Crippen molar-refractivity contribution in [2.24, 2.45) is 0 Å². The van der Waals surface area contributed by atoms with E-state index in [2.05, 4.69) is 41.7 Å². The quantitative estimate of drug-likeness (QED) is 0.724. The van der Waals surface area contributed by atoms with Gasteiger partial charge in [-0.25, -0.2) is 4.68 Å². The molecule has 1 aromatic rings. The lowest BCUT2D eigenvalue weighted by atomic mass is 10.1. The van der Waals surface area contributed by atoms with Gasteiger partial charge in [-0.3, -0.25) is 4.79 Å². The maximum atomic E-state index is 11.4. The van der Waals surface area contributed by atoms with Gasteiger partial charge in [0.2, 0.25) is 5.91 Å². The number of nitrogens with zero attached hydrogens (tertiary/aromatic N) is 3. The standard InChI is InChI=1S/C13H25N5O/c1-5-7-15-12(19)6-8-14-9-11-10-18(17-16-11)13(2,3)4/h10,14H,5-9H2,1-4H3,(H,15,19). The first-order valence-corrected chi connectivity index (χ1v) is 6.82. The molecule has 2 N–H and O–H groups in total. The molecule has 1 rings (SSSR count).